The first-order valence-electron chi connectivity index (χ1n) is 9.13. The Morgan fingerprint density at radius 1 is 1.05 bits per heavy atom. The highest BCUT2D eigenvalue weighted by Gasteiger charge is 2.58. The molecule has 2 nitrogen and oxygen atoms in total. The van der Waals surface area contributed by atoms with Crippen LogP contribution in [0.2, 0.25) is 0 Å². The van der Waals surface area contributed by atoms with Crippen LogP contribution < -0.4 is 5.32 Å². The van der Waals surface area contributed by atoms with Crippen molar-refractivity contribution in [2.45, 2.75) is 83.8 Å². The van der Waals surface area contributed by atoms with Gasteiger partial charge in [-0.05, 0) is 57.4 Å². The molecule has 3 aliphatic rings. The Balaban J connectivity index is 1.41. The summed E-state index contributed by atoms with van der Waals surface area (Å²) < 4.78 is 5.95. The van der Waals surface area contributed by atoms with Crippen molar-refractivity contribution in [3.8, 4) is 0 Å². The average Bonchev–Trinajstić information content (AvgIpc) is 2.41. The van der Waals surface area contributed by atoms with Gasteiger partial charge in [-0.2, -0.15) is 0 Å². The van der Waals surface area contributed by atoms with Crippen molar-refractivity contribution < 1.29 is 4.74 Å². The Morgan fingerprint density at radius 3 is 2.30 bits per heavy atom. The predicted molar refractivity (Wildman–Crippen MR) is 83.8 cm³/mol. The number of ether oxygens (including phenoxy) is 1. The van der Waals surface area contributed by atoms with Crippen LogP contribution in [0.5, 0.6) is 0 Å². The molecule has 2 heteroatoms. The van der Waals surface area contributed by atoms with Crippen LogP contribution in [-0.4, -0.2) is 25.3 Å². The zero-order valence-corrected chi connectivity index (χ0v) is 13.5. The van der Waals surface area contributed by atoms with E-state index in [-0.39, 0.29) is 0 Å². The number of rotatable bonds is 6. The lowest BCUT2D eigenvalue weighted by molar-refractivity contribution is -0.173. The topological polar surface area (TPSA) is 21.3 Å². The quantitative estimate of drug-likeness (QED) is 0.789. The third-order valence-corrected chi connectivity index (χ3v) is 6.63. The van der Waals surface area contributed by atoms with Gasteiger partial charge in [-0.15, -0.1) is 0 Å². The zero-order chi connectivity index (χ0) is 14.0. The minimum absolute atomic E-state index is 0.538. The van der Waals surface area contributed by atoms with E-state index < -0.39 is 0 Å². The monoisotopic (exact) mass is 279 g/mol. The van der Waals surface area contributed by atoms with Crippen LogP contribution in [0.3, 0.4) is 0 Å². The van der Waals surface area contributed by atoms with Crippen molar-refractivity contribution in [1.82, 2.24) is 5.32 Å². The fraction of sp³-hybridized carbons (Fsp3) is 1.00. The Bertz CT molecular complexity index is 305. The maximum absolute atomic E-state index is 5.95. The molecule has 0 aromatic heterocycles. The van der Waals surface area contributed by atoms with E-state index in [0.717, 1.165) is 24.5 Å². The molecule has 2 atom stereocenters. The van der Waals surface area contributed by atoms with Crippen molar-refractivity contribution >= 4 is 0 Å². The molecule has 0 bridgehead atoms. The summed E-state index contributed by atoms with van der Waals surface area (Å²) in [5.74, 6) is 1.97. The normalized spacial score (nSPS) is 39.3. The Morgan fingerprint density at radius 2 is 1.75 bits per heavy atom. The molecule has 3 saturated carbocycles. The van der Waals surface area contributed by atoms with Gasteiger partial charge in [0.1, 0.15) is 0 Å². The first-order valence-corrected chi connectivity index (χ1v) is 9.13. The molecule has 0 amide bonds. The van der Waals surface area contributed by atoms with E-state index in [0.29, 0.717) is 11.5 Å². The van der Waals surface area contributed by atoms with Crippen LogP contribution in [0.4, 0.5) is 0 Å². The van der Waals surface area contributed by atoms with Gasteiger partial charge < -0.3 is 10.1 Å². The van der Waals surface area contributed by atoms with Gasteiger partial charge >= 0.3 is 0 Å². The number of nitrogens with one attached hydrogen (secondary N) is 1. The Kier molecular flexibility index (Phi) is 4.72. The largest absolute Gasteiger partial charge is 0.378 e. The Hall–Kier alpha value is -0.0800. The molecule has 1 spiro atoms. The second kappa shape index (κ2) is 6.36. The van der Waals surface area contributed by atoms with Crippen molar-refractivity contribution in [2.24, 2.45) is 17.3 Å². The van der Waals surface area contributed by atoms with Gasteiger partial charge in [0.2, 0.25) is 0 Å². The lowest BCUT2D eigenvalue weighted by Gasteiger charge is -2.61. The number of hydrogen-bond donors (Lipinski definition) is 1. The van der Waals surface area contributed by atoms with E-state index >= 15 is 0 Å². The lowest BCUT2D eigenvalue weighted by atomic mass is 9.51. The van der Waals surface area contributed by atoms with E-state index in [1.165, 1.54) is 64.3 Å². The smallest absolute Gasteiger partial charge is 0.0661 e. The van der Waals surface area contributed by atoms with Crippen LogP contribution in [0.1, 0.15) is 71.6 Å². The van der Waals surface area contributed by atoms with Crippen molar-refractivity contribution in [1.29, 1.82) is 0 Å². The van der Waals surface area contributed by atoms with E-state index in [1.807, 2.05) is 0 Å². The predicted octanol–water partition coefficient (Wildman–Crippen LogP) is 4.14. The molecular formula is C18H33NO. The van der Waals surface area contributed by atoms with Gasteiger partial charge in [0, 0.05) is 18.1 Å². The molecule has 20 heavy (non-hydrogen) atoms. The van der Waals surface area contributed by atoms with Gasteiger partial charge in [-0.3, -0.25) is 0 Å². The average molecular weight is 279 g/mol. The maximum atomic E-state index is 5.95. The van der Waals surface area contributed by atoms with E-state index in [4.69, 9.17) is 4.74 Å². The van der Waals surface area contributed by atoms with Crippen LogP contribution in [0.25, 0.3) is 0 Å². The highest BCUT2D eigenvalue weighted by molar-refractivity contribution is 5.12. The van der Waals surface area contributed by atoms with Gasteiger partial charge in [0.15, 0.2) is 0 Å². The summed E-state index contributed by atoms with van der Waals surface area (Å²) in [7, 11) is 0. The summed E-state index contributed by atoms with van der Waals surface area (Å²) in [5.41, 5.74) is 0.538. The van der Waals surface area contributed by atoms with Gasteiger partial charge in [-0.25, -0.2) is 0 Å². The summed E-state index contributed by atoms with van der Waals surface area (Å²) in [6.07, 6.45) is 13.3. The molecule has 0 heterocycles. The third-order valence-electron chi connectivity index (χ3n) is 6.63. The summed E-state index contributed by atoms with van der Waals surface area (Å²) in [5, 5.41) is 3.92. The molecule has 0 aliphatic heterocycles. The second-order valence-corrected chi connectivity index (χ2v) is 7.52. The van der Waals surface area contributed by atoms with Crippen LogP contribution in [0, 0.1) is 17.3 Å². The fourth-order valence-electron chi connectivity index (χ4n) is 4.88. The molecule has 116 valence electrons. The second-order valence-electron chi connectivity index (χ2n) is 7.52. The molecule has 3 aliphatic carbocycles. The van der Waals surface area contributed by atoms with Gasteiger partial charge in [0.25, 0.3) is 0 Å². The lowest BCUT2D eigenvalue weighted by Crippen LogP contribution is -2.67. The molecular weight excluding hydrogens is 246 g/mol. The SMILES string of the molecule is CCOC1CC(NCC2CCC(CC)CC2)C12CCC2. The molecule has 0 radical (unpaired) electrons. The van der Waals surface area contributed by atoms with Gasteiger partial charge in [0.05, 0.1) is 6.10 Å². The summed E-state index contributed by atoms with van der Waals surface area (Å²) in [6, 6.07) is 0.761. The van der Waals surface area contributed by atoms with Crippen molar-refractivity contribution in [2.75, 3.05) is 13.2 Å². The molecule has 3 fully saturated rings. The van der Waals surface area contributed by atoms with Crippen LogP contribution in [-0.2, 0) is 4.74 Å². The Labute approximate surface area is 125 Å². The highest BCUT2D eigenvalue weighted by atomic mass is 16.5. The highest BCUT2D eigenvalue weighted by Crippen LogP contribution is 2.57. The summed E-state index contributed by atoms with van der Waals surface area (Å²) in [4.78, 5) is 0. The number of hydrogen-bond acceptors (Lipinski definition) is 2. The maximum Gasteiger partial charge on any atom is 0.0661 e. The third kappa shape index (κ3) is 2.66. The minimum atomic E-state index is 0.538. The van der Waals surface area contributed by atoms with E-state index in [9.17, 15) is 0 Å². The molecule has 2 unspecified atom stereocenters. The van der Waals surface area contributed by atoms with Crippen molar-refractivity contribution in [3.63, 3.8) is 0 Å². The molecule has 0 aromatic rings. The fourth-order valence-corrected chi connectivity index (χ4v) is 4.88. The van der Waals surface area contributed by atoms with Crippen LogP contribution in [0.15, 0.2) is 0 Å². The first-order chi connectivity index (χ1) is 9.78. The summed E-state index contributed by atoms with van der Waals surface area (Å²) in [6.45, 7) is 6.65. The minimum Gasteiger partial charge on any atom is -0.378 e. The van der Waals surface area contributed by atoms with Gasteiger partial charge in [-0.1, -0.05) is 32.6 Å². The summed E-state index contributed by atoms with van der Waals surface area (Å²) >= 11 is 0. The van der Waals surface area contributed by atoms with Crippen molar-refractivity contribution in [3.05, 3.63) is 0 Å². The first kappa shape index (κ1) is 14.8. The molecule has 0 saturated heterocycles. The molecule has 0 aromatic carbocycles. The molecule has 3 rings (SSSR count). The standard InChI is InChI=1S/C18H33NO/c1-3-14-6-8-15(9-7-14)13-19-16-12-17(20-4-2)18(16)10-5-11-18/h14-17,19H,3-13H2,1-2H3. The van der Waals surface area contributed by atoms with E-state index in [1.54, 1.807) is 0 Å². The van der Waals surface area contributed by atoms with E-state index in [2.05, 4.69) is 19.2 Å². The van der Waals surface area contributed by atoms with Crippen LogP contribution >= 0.6 is 0 Å². The molecule has 1 N–H and O–H groups in total. The zero-order valence-electron chi connectivity index (χ0n) is 13.5.